The van der Waals surface area contributed by atoms with E-state index in [1.165, 1.54) is 60.1 Å². The molecule has 0 saturated heterocycles. The number of halogens is 1. The van der Waals surface area contributed by atoms with E-state index in [-0.39, 0.29) is 5.41 Å². The summed E-state index contributed by atoms with van der Waals surface area (Å²) in [6.45, 7) is 0. The van der Waals surface area contributed by atoms with Gasteiger partial charge in [0.2, 0.25) is 0 Å². The van der Waals surface area contributed by atoms with Crippen LogP contribution in [0.5, 0.6) is 0 Å². The average molecular weight is 471 g/mol. The number of hydrogen-bond donors (Lipinski definition) is 0. The molecule has 0 bridgehead atoms. The minimum absolute atomic E-state index is 0.317. The molecule has 0 nitrogen and oxygen atoms in total. The Morgan fingerprint density at radius 2 is 1.03 bits per heavy atom. The minimum Gasteiger partial charge on any atom is -0.0622 e. The lowest BCUT2D eigenvalue weighted by Gasteiger charge is -2.31. The highest BCUT2D eigenvalue weighted by Crippen LogP contribution is 2.64. The fourth-order valence-corrected chi connectivity index (χ4v) is 6.62. The lowest BCUT2D eigenvalue weighted by molar-refractivity contribution is 0.789. The van der Waals surface area contributed by atoms with Gasteiger partial charge >= 0.3 is 0 Å². The third-order valence-corrected chi connectivity index (χ3v) is 7.82. The molecule has 1 spiro atoms. The molecule has 0 aromatic heterocycles. The predicted octanol–water partition coefficient (Wildman–Crippen LogP) is 8.46. The van der Waals surface area contributed by atoms with Crippen molar-refractivity contribution in [3.8, 4) is 33.4 Å². The molecule has 150 valence electrons. The highest BCUT2D eigenvalue weighted by molar-refractivity contribution is 9.10. The normalized spacial score (nSPS) is 17.0. The Morgan fingerprint density at radius 3 is 1.78 bits per heavy atom. The third kappa shape index (κ3) is 2.17. The second kappa shape index (κ2) is 6.54. The first-order valence-corrected chi connectivity index (χ1v) is 11.8. The van der Waals surface area contributed by atoms with Crippen molar-refractivity contribution < 1.29 is 0 Å². The summed E-state index contributed by atoms with van der Waals surface area (Å²) in [4.78, 5) is 0. The molecule has 1 unspecified atom stereocenters. The van der Waals surface area contributed by atoms with Gasteiger partial charge in [-0.3, -0.25) is 0 Å². The maximum absolute atomic E-state index is 3.96. The zero-order chi connectivity index (χ0) is 21.3. The smallest absolute Gasteiger partial charge is 0.0622 e. The molecule has 2 aliphatic carbocycles. The van der Waals surface area contributed by atoms with Crippen LogP contribution < -0.4 is 0 Å². The summed E-state index contributed by atoms with van der Waals surface area (Å²) < 4.78 is 1.17. The van der Waals surface area contributed by atoms with Crippen molar-refractivity contribution in [2.45, 2.75) is 5.41 Å². The van der Waals surface area contributed by atoms with Crippen LogP contribution in [-0.2, 0) is 5.41 Å². The zero-order valence-electron chi connectivity index (χ0n) is 17.3. The maximum atomic E-state index is 3.96. The van der Waals surface area contributed by atoms with Crippen molar-refractivity contribution in [1.29, 1.82) is 0 Å². The summed E-state index contributed by atoms with van der Waals surface area (Å²) in [7, 11) is 0. The van der Waals surface area contributed by atoms with E-state index in [0.29, 0.717) is 0 Å². The Hall–Kier alpha value is -3.42. The molecule has 0 radical (unpaired) electrons. The van der Waals surface area contributed by atoms with E-state index < -0.39 is 0 Å². The van der Waals surface area contributed by atoms with Gasteiger partial charge in [-0.1, -0.05) is 119 Å². The first-order valence-electron chi connectivity index (χ1n) is 11.0. The van der Waals surface area contributed by atoms with Crippen LogP contribution in [0.3, 0.4) is 0 Å². The maximum Gasteiger partial charge on any atom is 0.0736 e. The van der Waals surface area contributed by atoms with Crippen LogP contribution in [0.1, 0.15) is 22.3 Å². The molecule has 0 N–H and O–H groups in total. The molecule has 5 aromatic carbocycles. The number of benzene rings is 5. The predicted molar refractivity (Wildman–Crippen MR) is 136 cm³/mol. The lowest BCUT2D eigenvalue weighted by atomic mass is 9.70. The van der Waals surface area contributed by atoms with Crippen molar-refractivity contribution in [2.24, 2.45) is 0 Å². The summed E-state index contributed by atoms with van der Waals surface area (Å²) in [6, 6.07) is 42.2. The summed E-state index contributed by atoms with van der Waals surface area (Å²) in [5.41, 5.74) is 13.0. The van der Waals surface area contributed by atoms with Gasteiger partial charge in [0.1, 0.15) is 0 Å². The van der Waals surface area contributed by atoms with Gasteiger partial charge in [-0.15, -0.1) is 0 Å². The summed E-state index contributed by atoms with van der Waals surface area (Å²) >= 11 is 3.96. The molecular formula is C31H19Br. The summed E-state index contributed by atoms with van der Waals surface area (Å²) in [5, 5.41) is 0. The summed E-state index contributed by atoms with van der Waals surface area (Å²) in [5.74, 6) is 0. The van der Waals surface area contributed by atoms with Crippen LogP contribution in [0, 0.1) is 0 Å². The molecule has 0 heterocycles. The van der Waals surface area contributed by atoms with Crippen LogP contribution in [0.2, 0.25) is 0 Å². The standard InChI is InChI=1S/C31H19Br/c32-29-16-8-13-25-23-12-5-7-15-27(23)31(30(25)29)26-14-6-4-11-22(26)24-18-17-21(19-28(24)31)20-9-2-1-3-10-20/h1-19H. The number of hydrogen-bond acceptors (Lipinski definition) is 0. The average Bonchev–Trinajstić information content (AvgIpc) is 3.32. The van der Waals surface area contributed by atoms with E-state index >= 15 is 0 Å². The van der Waals surface area contributed by atoms with Crippen molar-refractivity contribution in [3.05, 3.63) is 142 Å². The van der Waals surface area contributed by atoms with Gasteiger partial charge in [0, 0.05) is 4.47 Å². The van der Waals surface area contributed by atoms with Gasteiger partial charge in [0.15, 0.2) is 0 Å². The topological polar surface area (TPSA) is 0 Å². The van der Waals surface area contributed by atoms with Crippen molar-refractivity contribution in [2.75, 3.05) is 0 Å². The van der Waals surface area contributed by atoms with Crippen LogP contribution in [0.4, 0.5) is 0 Å². The molecule has 0 saturated carbocycles. The first-order chi connectivity index (χ1) is 15.8. The second-order valence-electron chi connectivity index (χ2n) is 8.63. The molecular weight excluding hydrogens is 452 g/mol. The zero-order valence-corrected chi connectivity index (χ0v) is 18.9. The summed E-state index contributed by atoms with van der Waals surface area (Å²) in [6.07, 6.45) is 0. The Bertz CT molecular complexity index is 1520. The van der Waals surface area contributed by atoms with Crippen molar-refractivity contribution in [3.63, 3.8) is 0 Å². The van der Waals surface area contributed by atoms with E-state index in [9.17, 15) is 0 Å². The van der Waals surface area contributed by atoms with Gasteiger partial charge in [-0.25, -0.2) is 0 Å². The number of fused-ring (bicyclic) bond motifs is 10. The molecule has 32 heavy (non-hydrogen) atoms. The lowest BCUT2D eigenvalue weighted by Crippen LogP contribution is -2.26. The molecule has 0 aliphatic heterocycles. The van der Waals surface area contributed by atoms with Gasteiger partial charge < -0.3 is 0 Å². The quantitative estimate of drug-likeness (QED) is 0.225. The Balaban J connectivity index is 1.66. The highest BCUT2D eigenvalue weighted by atomic mass is 79.9. The molecule has 0 fully saturated rings. The van der Waals surface area contributed by atoms with Crippen molar-refractivity contribution in [1.82, 2.24) is 0 Å². The van der Waals surface area contributed by atoms with Gasteiger partial charge in [-0.2, -0.15) is 0 Å². The fourth-order valence-electron chi connectivity index (χ4n) is 5.96. The second-order valence-corrected chi connectivity index (χ2v) is 9.48. The molecule has 2 aliphatic rings. The number of rotatable bonds is 1. The van der Waals surface area contributed by atoms with Gasteiger partial charge in [0.25, 0.3) is 0 Å². The van der Waals surface area contributed by atoms with E-state index in [4.69, 9.17) is 0 Å². The van der Waals surface area contributed by atoms with Crippen LogP contribution in [0.15, 0.2) is 120 Å². The molecule has 1 atom stereocenters. The SMILES string of the molecule is Brc1cccc2c1C1(c3ccccc3-c3ccc(-c4ccccc4)cc31)c1ccccc1-2. The highest BCUT2D eigenvalue weighted by Gasteiger charge is 2.52. The van der Waals surface area contributed by atoms with Crippen LogP contribution in [-0.4, -0.2) is 0 Å². The van der Waals surface area contributed by atoms with E-state index in [2.05, 4.69) is 131 Å². The monoisotopic (exact) mass is 470 g/mol. The van der Waals surface area contributed by atoms with Crippen LogP contribution in [0.25, 0.3) is 33.4 Å². The van der Waals surface area contributed by atoms with Gasteiger partial charge in [-0.05, 0) is 67.8 Å². The molecule has 7 rings (SSSR count). The van der Waals surface area contributed by atoms with Crippen molar-refractivity contribution >= 4 is 15.9 Å². The fraction of sp³-hybridized carbons (Fsp3) is 0.0323. The van der Waals surface area contributed by atoms with Crippen LogP contribution >= 0.6 is 15.9 Å². The van der Waals surface area contributed by atoms with E-state index in [0.717, 1.165) is 0 Å². The van der Waals surface area contributed by atoms with E-state index in [1.54, 1.807) is 0 Å². The molecule has 1 heteroatoms. The molecule has 5 aromatic rings. The Labute approximate surface area is 196 Å². The largest absolute Gasteiger partial charge is 0.0736 e. The Morgan fingerprint density at radius 1 is 0.438 bits per heavy atom. The van der Waals surface area contributed by atoms with E-state index in [1.807, 2.05) is 0 Å². The minimum atomic E-state index is -0.317. The Kier molecular flexibility index (Phi) is 3.72. The van der Waals surface area contributed by atoms with Gasteiger partial charge in [0.05, 0.1) is 5.41 Å². The first kappa shape index (κ1) is 18.2. The molecule has 0 amide bonds. The third-order valence-electron chi connectivity index (χ3n) is 7.16.